The van der Waals surface area contributed by atoms with Gasteiger partial charge in [0.1, 0.15) is 0 Å². The molecule has 0 amide bonds. The van der Waals surface area contributed by atoms with Crippen molar-refractivity contribution in [2.75, 3.05) is 32.2 Å². The minimum atomic E-state index is 0.503. The molecular weight excluding hydrogens is 272 g/mol. The summed E-state index contributed by atoms with van der Waals surface area (Å²) in [7, 11) is 3.82. The van der Waals surface area contributed by atoms with Gasteiger partial charge in [0.15, 0.2) is 0 Å². The fourth-order valence-corrected chi connectivity index (χ4v) is 2.54. The second-order valence-electron chi connectivity index (χ2n) is 5.20. The Morgan fingerprint density at radius 2 is 2.15 bits per heavy atom. The SMILES string of the molecule is CCCC(C)N(C)c1ccc(CNCCOC)cc1Cl. The first-order valence-corrected chi connectivity index (χ1v) is 7.68. The first-order chi connectivity index (χ1) is 9.60. The Hall–Kier alpha value is -0.770. The number of halogens is 1. The van der Waals surface area contributed by atoms with Crippen LogP contribution in [0.25, 0.3) is 0 Å². The zero-order valence-corrected chi connectivity index (χ0v) is 13.8. The molecule has 0 aliphatic carbocycles. The van der Waals surface area contributed by atoms with E-state index in [2.05, 4.69) is 43.2 Å². The third kappa shape index (κ3) is 5.31. The number of nitrogens with one attached hydrogen (secondary N) is 1. The highest BCUT2D eigenvalue weighted by molar-refractivity contribution is 6.33. The van der Waals surface area contributed by atoms with E-state index in [1.54, 1.807) is 7.11 Å². The van der Waals surface area contributed by atoms with E-state index >= 15 is 0 Å². The summed E-state index contributed by atoms with van der Waals surface area (Å²) in [5.74, 6) is 0. The first kappa shape index (κ1) is 17.3. The van der Waals surface area contributed by atoms with Gasteiger partial charge in [-0.1, -0.05) is 31.0 Å². The van der Waals surface area contributed by atoms with Crippen LogP contribution in [0.2, 0.25) is 5.02 Å². The molecule has 0 aromatic heterocycles. The maximum atomic E-state index is 6.41. The van der Waals surface area contributed by atoms with Crippen LogP contribution in [0.15, 0.2) is 18.2 Å². The van der Waals surface area contributed by atoms with E-state index in [0.29, 0.717) is 6.04 Å². The summed E-state index contributed by atoms with van der Waals surface area (Å²) in [5, 5.41) is 4.15. The van der Waals surface area contributed by atoms with Crippen molar-refractivity contribution in [1.29, 1.82) is 0 Å². The normalized spacial score (nSPS) is 12.4. The van der Waals surface area contributed by atoms with E-state index in [-0.39, 0.29) is 0 Å². The standard InChI is InChI=1S/C16H27ClN2O/c1-5-6-13(2)19(3)16-8-7-14(11-15(16)17)12-18-9-10-20-4/h7-8,11,13,18H,5-6,9-10,12H2,1-4H3. The van der Waals surface area contributed by atoms with Gasteiger partial charge in [-0.3, -0.25) is 0 Å². The maximum Gasteiger partial charge on any atom is 0.0642 e. The second kappa shape index (κ2) is 9.22. The number of benzene rings is 1. The Labute approximate surface area is 128 Å². The number of hydrogen-bond donors (Lipinski definition) is 1. The van der Waals surface area contributed by atoms with Crippen LogP contribution in [0, 0.1) is 0 Å². The van der Waals surface area contributed by atoms with Gasteiger partial charge in [0.2, 0.25) is 0 Å². The van der Waals surface area contributed by atoms with E-state index in [1.165, 1.54) is 18.4 Å². The van der Waals surface area contributed by atoms with Gasteiger partial charge in [0, 0.05) is 33.3 Å². The molecule has 1 N–H and O–H groups in total. The molecule has 0 aliphatic heterocycles. The number of hydrogen-bond acceptors (Lipinski definition) is 3. The Morgan fingerprint density at radius 1 is 1.40 bits per heavy atom. The smallest absolute Gasteiger partial charge is 0.0642 e. The molecule has 1 aromatic rings. The van der Waals surface area contributed by atoms with Gasteiger partial charge in [-0.2, -0.15) is 0 Å². The highest BCUT2D eigenvalue weighted by atomic mass is 35.5. The summed E-state index contributed by atoms with van der Waals surface area (Å²) < 4.78 is 5.01. The summed E-state index contributed by atoms with van der Waals surface area (Å²) >= 11 is 6.41. The van der Waals surface area contributed by atoms with Crippen LogP contribution in [0.3, 0.4) is 0 Å². The van der Waals surface area contributed by atoms with Crippen molar-refractivity contribution in [2.24, 2.45) is 0 Å². The van der Waals surface area contributed by atoms with E-state index < -0.39 is 0 Å². The zero-order valence-electron chi connectivity index (χ0n) is 13.1. The monoisotopic (exact) mass is 298 g/mol. The van der Waals surface area contributed by atoms with Gasteiger partial charge in [-0.15, -0.1) is 0 Å². The second-order valence-corrected chi connectivity index (χ2v) is 5.61. The number of anilines is 1. The van der Waals surface area contributed by atoms with Gasteiger partial charge in [-0.05, 0) is 31.0 Å². The Morgan fingerprint density at radius 3 is 2.75 bits per heavy atom. The third-order valence-corrected chi connectivity index (χ3v) is 3.87. The largest absolute Gasteiger partial charge is 0.383 e. The minimum Gasteiger partial charge on any atom is -0.383 e. The van der Waals surface area contributed by atoms with Gasteiger partial charge >= 0.3 is 0 Å². The molecule has 0 fully saturated rings. The number of methoxy groups -OCH3 is 1. The molecule has 20 heavy (non-hydrogen) atoms. The lowest BCUT2D eigenvalue weighted by Crippen LogP contribution is -2.28. The lowest BCUT2D eigenvalue weighted by molar-refractivity contribution is 0.199. The Balaban J connectivity index is 2.63. The maximum absolute atomic E-state index is 6.41. The molecule has 0 saturated heterocycles. The van der Waals surface area contributed by atoms with Gasteiger partial charge in [-0.25, -0.2) is 0 Å². The molecule has 0 aliphatic rings. The van der Waals surface area contributed by atoms with Crippen molar-refractivity contribution in [3.05, 3.63) is 28.8 Å². The molecule has 0 bridgehead atoms. The topological polar surface area (TPSA) is 24.5 Å². The third-order valence-electron chi connectivity index (χ3n) is 3.57. The summed E-state index contributed by atoms with van der Waals surface area (Å²) in [6.07, 6.45) is 2.36. The lowest BCUT2D eigenvalue weighted by atomic mass is 10.1. The van der Waals surface area contributed by atoms with Crippen molar-refractivity contribution < 1.29 is 4.74 Å². The molecule has 1 rings (SSSR count). The Kier molecular flexibility index (Phi) is 7.97. The molecule has 0 spiro atoms. The van der Waals surface area contributed by atoms with Crippen molar-refractivity contribution in [1.82, 2.24) is 5.32 Å². The van der Waals surface area contributed by atoms with Crippen LogP contribution in [-0.4, -0.2) is 33.4 Å². The van der Waals surface area contributed by atoms with Crippen molar-refractivity contribution in [2.45, 2.75) is 39.3 Å². The van der Waals surface area contributed by atoms with E-state index in [1.807, 2.05) is 6.07 Å². The van der Waals surface area contributed by atoms with Gasteiger partial charge < -0.3 is 15.0 Å². The zero-order chi connectivity index (χ0) is 15.0. The summed E-state index contributed by atoms with van der Waals surface area (Å²) in [4.78, 5) is 2.26. The highest BCUT2D eigenvalue weighted by Gasteiger charge is 2.12. The fraction of sp³-hybridized carbons (Fsp3) is 0.625. The van der Waals surface area contributed by atoms with Gasteiger partial charge in [0.25, 0.3) is 0 Å². The molecule has 4 heteroatoms. The molecule has 1 atom stereocenters. The molecule has 0 radical (unpaired) electrons. The molecule has 3 nitrogen and oxygen atoms in total. The average Bonchev–Trinajstić information content (AvgIpc) is 2.43. The average molecular weight is 299 g/mol. The molecular formula is C16H27ClN2O. The minimum absolute atomic E-state index is 0.503. The predicted octanol–water partition coefficient (Wildman–Crippen LogP) is 3.70. The number of nitrogens with zero attached hydrogens (tertiary/aromatic N) is 1. The van der Waals surface area contributed by atoms with E-state index in [9.17, 15) is 0 Å². The highest BCUT2D eigenvalue weighted by Crippen LogP contribution is 2.28. The van der Waals surface area contributed by atoms with Crippen LogP contribution in [0.1, 0.15) is 32.3 Å². The quantitative estimate of drug-likeness (QED) is 0.704. The lowest BCUT2D eigenvalue weighted by Gasteiger charge is -2.28. The van der Waals surface area contributed by atoms with E-state index in [4.69, 9.17) is 16.3 Å². The van der Waals surface area contributed by atoms with Crippen LogP contribution in [-0.2, 0) is 11.3 Å². The van der Waals surface area contributed by atoms with Gasteiger partial charge in [0.05, 0.1) is 17.3 Å². The predicted molar refractivity (Wildman–Crippen MR) is 87.8 cm³/mol. The first-order valence-electron chi connectivity index (χ1n) is 7.31. The Bertz CT molecular complexity index is 398. The molecule has 1 unspecified atom stereocenters. The summed E-state index contributed by atoms with van der Waals surface area (Å²) in [5.41, 5.74) is 2.31. The van der Waals surface area contributed by atoms with Crippen LogP contribution >= 0.6 is 11.6 Å². The molecule has 0 heterocycles. The summed E-state index contributed by atoms with van der Waals surface area (Å²) in [6.45, 7) is 6.84. The van der Waals surface area contributed by atoms with E-state index in [0.717, 1.165) is 30.4 Å². The molecule has 1 aromatic carbocycles. The van der Waals surface area contributed by atoms with Crippen LogP contribution in [0.5, 0.6) is 0 Å². The fourth-order valence-electron chi connectivity index (χ4n) is 2.20. The molecule has 0 saturated carbocycles. The van der Waals surface area contributed by atoms with Crippen LogP contribution < -0.4 is 10.2 Å². The van der Waals surface area contributed by atoms with Crippen molar-refractivity contribution >= 4 is 17.3 Å². The van der Waals surface area contributed by atoms with Crippen molar-refractivity contribution in [3.8, 4) is 0 Å². The summed E-state index contributed by atoms with van der Waals surface area (Å²) in [6, 6.07) is 6.80. The van der Waals surface area contributed by atoms with Crippen molar-refractivity contribution in [3.63, 3.8) is 0 Å². The van der Waals surface area contributed by atoms with Crippen LogP contribution in [0.4, 0.5) is 5.69 Å². The molecule has 114 valence electrons. The number of rotatable bonds is 9. The number of ether oxygens (including phenoxy) is 1.